The standard InChI is InChI=1S/C21H3F12N5S/c22-18-17(10(4-34)1-12(11(5-35)6-36)19(18)39(29,30,31,32)33)13(7-37)9-2-15(20(23,24)25)14(8-38)16(3-9)21(26,27)28/h1-3H/b17-13+. The molecule has 0 saturated heterocycles. The van der Waals surface area contributed by atoms with E-state index in [-0.39, 0.29) is 18.2 Å². The van der Waals surface area contributed by atoms with Gasteiger partial charge in [-0.15, -0.1) is 0 Å². The van der Waals surface area contributed by atoms with E-state index in [1.165, 1.54) is 0 Å². The molecule has 0 bridgehead atoms. The largest absolute Gasteiger partial charge is 0.417 e. The summed E-state index contributed by atoms with van der Waals surface area (Å²) in [4.78, 5) is -3.62. The molecule has 0 saturated carbocycles. The van der Waals surface area contributed by atoms with Crippen LogP contribution in [0.1, 0.15) is 27.8 Å². The Morgan fingerprint density at radius 1 is 0.692 bits per heavy atom. The molecule has 0 aromatic heterocycles. The van der Waals surface area contributed by atoms with E-state index in [0.29, 0.717) is 6.07 Å². The average molecular weight is 585 g/mol. The zero-order valence-corrected chi connectivity index (χ0v) is 18.7. The Hall–Kier alpha value is -4.86. The van der Waals surface area contributed by atoms with Gasteiger partial charge in [-0.1, -0.05) is 19.4 Å². The Bertz CT molecular complexity index is 1720. The third-order valence-electron chi connectivity index (χ3n) is 4.73. The van der Waals surface area contributed by atoms with E-state index in [0.717, 1.165) is 24.3 Å². The summed E-state index contributed by atoms with van der Waals surface area (Å²) in [5.74, 6) is -3.23. The Kier molecular flexibility index (Phi) is 6.69. The molecule has 0 aliphatic carbocycles. The molecule has 2 aromatic carbocycles. The Balaban J connectivity index is 3.53. The van der Waals surface area contributed by atoms with Gasteiger partial charge in [0.1, 0.15) is 29.8 Å². The van der Waals surface area contributed by atoms with Gasteiger partial charge in [-0.2, -0.15) is 52.7 Å². The van der Waals surface area contributed by atoms with Gasteiger partial charge >= 0.3 is 22.6 Å². The second-order valence-corrected chi connectivity index (χ2v) is 9.56. The van der Waals surface area contributed by atoms with Crippen LogP contribution in [-0.2, 0) is 12.4 Å². The summed E-state index contributed by atoms with van der Waals surface area (Å²) in [7, 11) is -11.3. The predicted octanol–water partition coefficient (Wildman–Crippen LogP) is 6.18. The highest BCUT2D eigenvalue weighted by Crippen LogP contribution is 3.01. The molecule has 0 spiro atoms. The van der Waals surface area contributed by atoms with Gasteiger partial charge in [-0.3, -0.25) is 0 Å². The van der Waals surface area contributed by atoms with E-state index < -0.39 is 82.7 Å². The lowest BCUT2D eigenvalue weighted by Crippen LogP contribution is -2.31. The fourth-order valence-electron chi connectivity index (χ4n) is 3.29. The van der Waals surface area contributed by atoms with Gasteiger partial charge in [0.2, 0.25) is 0 Å². The summed E-state index contributed by atoms with van der Waals surface area (Å²) in [5, 5.41) is 41.0. The van der Waals surface area contributed by atoms with Crippen molar-refractivity contribution in [3.8, 4) is 30.3 Å². The maximum atomic E-state index is 15.3. The Labute approximate surface area is 208 Å². The van der Waals surface area contributed by atoms with Crippen LogP contribution in [0.25, 0.3) is 11.1 Å². The molecule has 0 radical (unpaired) electrons. The van der Waals surface area contributed by atoms with Crippen molar-refractivity contribution in [1.82, 2.24) is 0 Å². The number of halogens is 12. The van der Waals surface area contributed by atoms with Crippen molar-refractivity contribution < 1.29 is 50.2 Å². The van der Waals surface area contributed by atoms with E-state index in [4.69, 9.17) is 15.8 Å². The molecule has 39 heavy (non-hydrogen) atoms. The van der Waals surface area contributed by atoms with Crippen LogP contribution in [0.2, 0.25) is 0 Å². The minimum Gasteiger partial charge on any atom is -0.205 e. The highest BCUT2D eigenvalue weighted by Gasteiger charge is 2.68. The highest BCUT2D eigenvalue weighted by molar-refractivity contribution is 8.45. The number of benzene rings is 2. The SMILES string of the molecule is N#CC(C#N)=c1cc(C#N)/c(=C(/C#N)c2cc(C(F)(F)F)c(C#N)c(C(F)(F)F)c2)c(F)c1S(F)(F)(F)(F)F. The third kappa shape index (κ3) is 5.69. The maximum Gasteiger partial charge on any atom is 0.417 e. The normalized spacial score (nSPS) is 14.3. The monoisotopic (exact) mass is 585 g/mol. The number of rotatable bonds is 2. The van der Waals surface area contributed by atoms with Crippen LogP contribution in [-0.4, -0.2) is 0 Å². The lowest BCUT2D eigenvalue weighted by atomic mass is 9.92. The highest BCUT2D eigenvalue weighted by atomic mass is 32.5. The van der Waals surface area contributed by atoms with Gasteiger partial charge in [0.25, 0.3) is 0 Å². The number of hydrogen-bond acceptors (Lipinski definition) is 5. The summed E-state index contributed by atoms with van der Waals surface area (Å²) in [6, 6.07) is 2.90. The zero-order valence-electron chi connectivity index (χ0n) is 17.9. The van der Waals surface area contributed by atoms with Gasteiger partial charge in [0.05, 0.1) is 33.9 Å². The quantitative estimate of drug-likeness (QED) is 0.390. The third-order valence-corrected chi connectivity index (χ3v) is 5.90. The van der Waals surface area contributed by atoms with Crippen molar-refractivity contribution in [2.45, 2.75) is 17.2 Å². The predicted molar refractivity (Wildman–Crippen MR) is 106 cm³/mol. The van der Waals surface area contributed by atoms with Crippen LogP contribution in [0.3, 0.4) is 0 Å². The van der Waals surface area contributed by atoms with Crippen LogP contribution in [0.15, 0.2) is 23.1 Å². The molecule has 2 aromatic rings. The first kappa shape index (κ1) is 30.4. The van der Waals surface area contributed by atoms with Gasteiger partial charge in [-0.25, -0.2) is 4.39 Å². The minimum atomic E-state index is -11.3. The van der Waals surface area contributed by atoms with Gasteiger partial charge in [0, 0.05) is 10.4 Å². The second-order valence-electron chi connectivity index (χ2n) is 7.21. The van der Waals surface area contributed by atoms with E-state index >= 15 is 4.39 Å². The Morgan fingerprint density at radius 3 is 1.46 bits per heavy atom. The van der Waals surface area contributed by atoms with E-state index in [1.807, 2.05) is 0 Å². The number of alkyl halides is 6. The van der Waals surface area contributed by atoms with E-state index in [1.54, 1.807) is 0 Å². The molecule has 0 aliphatic heterocycles. The molecule has 0 atom stereocenters. The molecule has 18 heteroatoms. The minimum absolute atomic E-state index is 0.288. The van der Waals surface area contributed by atoms with Crippen LogP contribution in [0, 0.1) is 62.5 Å². The summed E-state index contributed by atoms with van der Waals surface area (Å²) < 4.78 is 165. The average Bonchev–Trinajstić information content (AvgIpc) is 2.77. The van der Waals surface area contributed by atoms with Gasteiger partial charge < -0.3 is 0 Å². The zero-order chi connectivity index (χ0) is 30.4. The Morgan fingerprint density at radius 2 is 1.15 bits per heavy atom. The molecule has 2 rings (SSSR count). The smallest absolute Gasteiger partial charge is 0.205 e. The molecule has 0 unspecified atom stereocenters. The molecular formula is C21H3F12N5S. The van der Waals surface area contributed by atoms with Crippen molar-refractivity contribution >= 4 is 21.4 Å². The van der Waals surface area contributed by atoms with Crippen molar-refractivity contribution in [3.63, 3.8) is 0 Å². The summed E-state index contributed by atoms with van der Waals surface area (Å²) in [6.07, 6.45) is -11.5. The molecule has 0 amide bonds. The topological polar surface area (TPSA) is 119 Å². The number of hydrogen-bond donors (Lipinski definition) is 0. The lowest BCUT2D eigenvalue weighted by molar-refractivity contribution is -0.143. The first-order valence-electron chi connectivity index (χ1n) is 9.15. The van der Waals surface area contributed by atoms with E-state index in [2.05, 4.69) is 0 Å². The van der Waals surface area contributed by atoms with Crippen molar-refractivity contribution in [2.24, 2.45) is 0 Å². The molecule has 0 aliphatic rings. The maximum absolute atomic E-state index is 15.3. The van der Waals surface area contributed by atoms with Crippen LogP contribution < -0.4 is 10.4 Å². The summed E-state index contributed by atoms with van der Waals surface area (Å²) in [5.41, 5.74) is -13.7. The lowest BCUT2D eigenvalue weighted by Gasteiger charge is -2.41. The fraction of sp³-hybridized carbons (Fsp3) is 0.0952. The number of nitrogens with zero attached hydrogens (tertiary/aromatic N) is 5. The van der Waals surface area contributed by atoms with E-state index in [9.17, 15) is 56.3 Å². The van der Waals surface area contributed by atoms with Crippen molar-refractivity contribution in [1.29, 1.82) is 26.3 Å². The number of nitriles is 5. The summed E-state index contributed by atoms with van der Waals surface area (Å²) in [6.45, 7) is 0. The molecule has 0 fully saturated rings. The molecule has 0 N–H and O–H groups in total. The molecular weight excluding hydrogens is 582 g/mol. The first-order valence-corrected chi connectivity index (χ1v) is 11.1. The van der Waals surface area contributed by atoms with Gasteiger partial charge in [-0.05, 0) is 23.8 Å². The second kappa shape index (κ2) is 8.59. The van der Waals surface area contributed by atoms with Crippen LogP contribution in [0.5, 0.6) is 0 Å². The van der Waals surface area contributed by atoms with Crippen molar-refractivity contribution in [3.05, 3.63) is 62.3 Å². The summed E-state index contributed by atoms with van der Waals surface area (Å²) >= 11 is 0. The molecule has 0 heterocycles. The van der Waals surface area contributed by atoms with Crippen LogP contribution >= 0.6 is 10.2 Å². The van der Waals surface area contributed by atoms with Crippen molar-refractivity contribution in [2.75, 3.05) is 0 Å². The first-order chi connectivity index (χ1) is 17.5. The van der Waals surface area contributed by atoms with Gasteiger partial charge in [0.15, 0.2) is 10.7 Å². The molecule has 5 nitrogen and oxygen atoms in total. The molecule has 202 valence electrons. The van der Waals surface area contributed by atoms with Crippen LogP contribution in [0.4, 0.5) is 50.2 Å². The fourth-order valence-corrected chi connectivity index (χ4v) is 4.31.